The standard InChI is InChI=1S/C12H18N4/c1-3-12(13)8-11(12)9-5-4-6-10(7-9)15-16-14-2/h4-7,11H,3,8,13H2,1-2H3,(H,14,15)/t11-,12+/m1/s1. The Hall–Kier alpha value is -1.42. The van der Waals surface area contributed by atoms with E-state index in [1.165, 1.54) is 5.56 Å². The molecule has 0 heterocycles. The third-order valence-electron chi connectivity index (χ3n) is 3.34. The van der Waals surface area contributed by atoms with Crippen molar-refractivity contribution >= 4 is 5.69 Å². The van der Waals surface area contributed by atoms with Crippen LogP contribution in [0.25, 0.3) is 0 Å². The zero-order valence-electron chi connectivity index (χ0n) is 9.77. The molecule has 0 radical (unpaired) electrons. The smallest absolute Gasteiger partial charge is 0.0581 e. The third-order valence-corrected chi connectivity index (χ3v) is 3.34. The van der Waals surface area contributed by atoms with Gasteiger partial charge < -0.3 is 5.73 Å². The first kappa shape index (κ1) is 11.1. The van der Waals surface area contributed by atoms with Gasteiger partial charge in [0.15, 0.2) is 0 Å². The quantitative estimate of drug-likeness (QED) is 0.603. The van der Waals surface area contributed by atoms with Crippen LogP contribution in [0.1, 0.15) is 31.2 Å². The fourth-order valence-electron chi connectivity index (χ4n) is 2.09. The third kappa shape index (κ3) is 2.07. The molecule has 16 heavy (non-hydrogen) atoms. The molecule has 4 nitrogen and oxygen atoms in total. The van der Waals surface area contributed by atoms with Crippen LogP contribution < -0.4 is 11.2 Å². The zero-order valence-corrected chi connectivity index (χ0v) is 9.77. The van der Waals surface area contributed by atoms with Crippen molar-refractivity contribution in [2.75, 3.05) is 12.5 Å². The molecular formula is C12H18N4. The van der Waals surface area contributed by atoms with Gasteiger partial charge in [-0.1, -0.05) is 24.3 Å². The normalized spacial score (nSPS) is 28.3. The van der Waals surface area contributed by atoms with Crippen LogP contribution in [-0.4, -0.2) is 12.6 Å². The van der Waals surface area contributed by atoms with Gasteiger partial charge in [-0.05, 0) is 30.5 Å². The predicted molar refractivity (Wildman–Crippen MR) is 65.4 cm³/mol. The first-order valence-electron chi connectivity index (χ1n) is 5.63. The van der Waals surface area contributed by atoms with Crippen LogP contribution in [0.4, 0.5) is 5.69 Å². The molecule has 0 unspecified atom stereocenters. The van der Waals surface area contributed by atoms with Gasteiger partial charge in [-0.2, -0.15) is 5.11 Å². The van der Waals surface area contributed by atoms with E-state index >= 15 is 0 Å². The van der Waals surface area contributed by atoms with Gasteiger partial charge in [0.2, 0.25) is 0 Å². The molecule has 1 aliphatic rings. The number of nitrogens with two attached hydrogens (primary N) is 1. The van der Waals surface area contributed by atoms with Gasteiger partial charge in [0, 0.05) is 11.5 Å². The summed E-state index contributed by atoms with van der Waals surface area (Å²) in [5.41, 5.74) is 11.4. The molecule has 0 aromatic heterocycles. The lowest BCUT2D eigenvalue weighted by atomic mass is 10.0. The Kier molecular flexibility index (Phi) is 2.92. The zero-order chi connectivity index (χ0) is 11.6. The molecule has 0 amide bonds. The number of nitrogens with zero attached hydrogens (tertiary/aromatic N) is 2. The van der Waals surface area contributed by atoms with Crippen molar-refractivity contribution < 1.29 is 0 Å². The molecule has 3 N–H and O–H groups in total. The molecule has 0 spiro atoms. The van der Waals surface area contributed by atoms with Crippen LogP contribution in [0, 0.1) is 0 Å². The van der Waals surface area contributed by atoms with Gasteiger partial charge in [-0.3, -0.25) is 5.43 Å². The van der Waals surface area contributed by atoms with Crippen molar-refractivity contribution in [3.63, 3.8) is 0 Å². The first-order chi connectivity index (χ1) is 7.69. The van der Waals surface area contributed by atoms with Crippen LogP contribution >= 0.6 is 0 Å². The summed E-state index contributed by atoms with van der Waals surface area (Å²) in [6.45, 7) is 2.15. The summed E-state index contributed by atoms with van der Waals surface area (Å²) in [7, 11) is 1.64. The molecule has 0 aliphatic heterocycles. The van der Waals surface area contributed by atoms with Gasteiger partial charge in [0.1, 0.15) is 0 Å². The molecule has 1 aliphatic carbocycles. The highest BCUT2D eigenvalue weighted by molar-refractivity contribution is 5.48. The summed E-state index contributed by atoms with van der Waals surface area (Å²) in [6.07, 6.45) is 2.12. The monoisotopic (exact) mass is 218 g/mol. The Balaban J connectivity index is 2.12. The van der Waals surface area contributed by atoms with Gasteiger partial charge in [0.05, 0.1) is 12.7 Å². The minimum absolute atomic E-state index is 0.0187. The lowest BCUT2D eigenvalue weighted by molar-refractivity contribution is 0.626. The fraction of sp³-hybridized carbons (Fsp3) is 0.500. The van der Waals surface area contributed by atoms with E-state index in [9.17, 15) is 0 Å². The number of benzene rings is 1. The fourth-order valence-corrected chi connectivity index (χ4v) is 2.09. The molecule has 86 valence electrons. The first-order valence-corrected chi connectivity index (χ1v) is 5.63. The lowest BCUT2D eigenvalue weighted by Crippen LogP contribution is -2.22. The minimum atomic E-state index is 0.0187. The summed E-state index contributed by atoms with van der Waals surface area (Å²) in [5, 5.41) is 7.42. The Morgan fingerprint density at radius 1 is 1.56 bits per heavy atom. The summed E-state index contributed by atoms with van der Waals surface area (Å²) in [6, 6.07) is 8.23. The molecule has 1 saturated carbocycles. The molecule has 1 fully saturated rings. The van der Waals surface area contributed by atoms with Crippen molar-refractivity contribution in [1.29, 1.82) is 0 Å². The Labute approximate surface area is 95.9 Å². The highest BCUT2D eigenvalue weighted by Gasteiger charge is 2.49. The summed E-state index contributed by atoms with van der Waals surface area (Å²) in [5.74, 6) is 0.498. The molecule has 2 rings (SSSR count). The lowest BCUT2D eigenvalue weighted by Gasteiger charge is -2.08. The maximum absolute atomic E-state index is 6.21. The average Bonchev–Trinajstić information content (AvgIpc) is 3.00. The maximum Gasteiger partial charge on any atom is 0.0581 e. The second-order valence-corrected chi connectivity index (χ2v) is 4.38. The molecule has 1 aromatic rings. The van der Waals surface area contributed by atoms with Crippen LogP contribution in [0.5, 0.6) is 0 Å². The van der Waals surface area contributed by atoms with E-state index in [1.807, 2.05) is 12.1 Å². The van der Waals surface area contributed by atoms with Gasteiger partial charge >= 0.3 is 0 Å². The van der Waals surface area contributed by atoms with E-state index < -0.39 is 0 Å². The SMILES string of the molecule is CC[C@]1(N)C[C@@H]1c1cccc(N/N=N\C)c1. The van der Waals surface area contributed by atoms with Gasteiger partial charge in [-0.25, -0.2) is 0 Å². The molecule has 1 aromatic carbocycles. The molecule has 0 bridgehead atoms. The Morgan fingerprint density at radius 3 is 3.00 bits per heavy atom. The van der Waals surface area contributed by atoms with Crippen LogP contribution in [0.15, 0.2) is 34.6 Å². The number of hydrogen-bond acceptors (Lipinski definition) is 3. The highest BCUT2D eigenvalue weighted by atomic mass is 15.4. The molecular weight excluding hydrogens is 200 g/mol. The maximum atomic E-state index is 6.21. The minimum Gasteiger partial charge on any atom is -0.325 e. The number of hydrogen-bond donors (Lipinski definition) is 2. The van der Waals surface area contributed by atoms with Crippen LogP contribution in [-0.2, 0) is 0 Å². The Morgan fingerprint density at radius 2 is 2.38 bits per heavy atom. The summed E-state index contributed by atoms with van der Waals surface area (Å²) in [4.78, 5) is 0. The summed E-state index contributed by atoms with van der Waals surface area (Å²) < 4.78 is 0. The molecule has 4 heteroatoms. The van der Waals surface area contributed by atoms with Crippen molar-refractivity contribution in [2.45, 2.75) is 31.2 Å². The number of anilines is 1. The van der Waals surface area contributed by atoms with Gasteiger partial charge in [-0.15, -0.1) is 0 Å². The second-order valence-electron chi connectivity index (χ2n) is 4.38. The predicted octanol–water partition coefficient (Wildman–Crippen LogP) is 2.69. The van der Waals surface area contributed by atoms with E-state index in [1.54, 1.807) is 7.05 Å². The number of nitrogens with one attached hydrogen (secondary N) is 1. The van der Waals surface area contributed by atoms with E-state index in [2.05, 4.69) is 34.8 Å². The molecule has 0 saturated heterocycles. The highest BCUT2D eigenvalue weighted by Crippen LogP contribution is 2.51. The number of rotatable bonds is 4. The average molecular weight is 218 g/mol. The second kappa shape index (κ2) is 4.22. The Bertz CT molecular complexity index is 402. The summed E-state index contributed by atoms with van der Waals surface area (Å²) >= 11 is 0. The van der Waals surface area contributed by atoms with E-state index in [4.69, 9.17) is 5.73 Å². The van der Waals surface area contributed by atoms with Crippen molar-refractivity contribution in [2.24, 2.45) is 16.1 Å². The largest absolute Gasteiger partial charge is 0.325 e. The topological polar surface area (TPSA) is 62.8 Å². The van der Waals surface area contributed by atoms with Crippen molar-refractivity contribution in [3.8, 4) is 0 Å². The van der Waals surface area contributed by atoms with Gasteiger partial charge in [0.25, 0.3) is 0 Å². The van der Waals surface area contributed by atoms with Crippen LogP contribution in [0.2, 0.25) is 0 Å². The van der Waals surface area contributed by atoms with Crippen LogP contribution in [0.3, 0.4) is 0 Å². The molecule has 2 atom stereocenters. The van der Waals surface area contributed by atoms with E-state index in [-0.39, 0.29) is 5.54 Å². The van der Waals surface area contributed by atoms with Crippen molar-refractivity contribution in [3.05, 3.63) is 29.8 Å². The van der Waals surface area contributed by atoms with Crippen molar-refractivity contribution in [1.82, 2.24) is 0 Å². The van der Waals surface area contributed by atoms with E-state index in [0.29, 0.717) is 5.92 Å². The van der Waals surface area contributed by atoms with E-state index in [0.717, 1.165) is 18.5 Å².